The summed E-state index contributed by atoms with van der Waals surface area (Å²) < 4.78 is 29.2. The SMILES string of the molecule is C=C(/C=C\C(F)=C/CCC/C=C/F)OC.CCCCCCCCC. The third-order valence-corrected chi connectivity index (χ3v) is 3.40. The fraction of sp³-hybridized carbons (Fsp3) is 0.619. The first-order valence-corrected chi connectivity index (χ1v) is 9.14. The standard InChI is InChI=1S/C12H16F2O.C9H20/c1-11(15-2)8-9-12(14)7-5-3-4-6-10-13;1-3-5-7-9-8-6-4-2/h6-10H,1,3-5H2,2H3;3-9H2,1-2H3/b9-8-,10-6+,12-7+;. The van der Waals surface area contributed by atoms with Crippen LogP contribution in [-0.2, 0) is 4.74 Å². The Morgan fingerprint density at radius 2 is 1.50 bits per heavy atom. The van der Waals surface area contributed by atoms with E-state index in [0.717, 1.165) is 6.42 Å². The number of unbranched alkanes of at least 4 members (excludes halogenated alkanes) is 8. The summed E-state index contributed by atoms with van der Waals surface area (Å²) in [5.41, 5.74) is 0. The number of halogens is 2. The van der Waals surface area contributed by atoms with Crippen LogP contribution in [0, 0.1) is 0 Å². The molecular weight excluding hydrogens is 306 g/mol. The first-order chi connectivity index (χ1) is 11.6. The van der Waals surface area contributed by atoms with Crippen molar-refractivity contribution >= 4 is 0 Å². The maximum atomic E-state index is 13.0. The second-order valence-corrected chi connectivity index (χ2v) is 5.65. The molecule has 0 spiro atoms. The van der Waals surface area contributed by atoms with Crippen molar-refractivity contribution in [3.8, 4) is 0 Å². The molecule has 0 N–H and O–H groups in total. The van der Waals surface area contributed by atoms with Crippen molar-refractivity contribution in [3.63, 3.8) is 0 Å². The van der Waals surface area contributed by atoms with E-state index in [-0.39, 0.29) is 5.83 Å². The van der Waals surface area contributed by atoms with Gasteiger partial charge in [0.05, 0.1) is 13.4 Å². The van der Waals surface area contributed by atoms with Crippen LogP contribution in [0.25, 0.3) is 0 Å². The molecule has 0 aromatic heterocycles. The summed E-state index contributed by atoms with van der Waals surface area (Å²) in [7, 11) is 1.47. The number of ether oxygens (including phenoxy) is 1. The van der Waals surface area contributed by atoms with Crippen molar-refractivity contribution in [1.82, 2.24) is 0 Å². The number of rotatable bonds is 13. The lowest BCUT2D eigenvalue weighted by atomic mass is 10.1. The van der Waals surface area contributed by atoms with E-state index >= 15 is 0 Å². The van der Waals surface area contributed by atoms with Gasteiger partial charge in [0.1, 0.15) is 11.6 Å². The smallest absolute Gasteiger partial charge is 0.119 e. The highest BCUT2D eigenvalue weighted by Crippen LogP contribution is 2.07. The average Bonchev–Trinajstić information content (AvgIpc) is 2.60. The molecule has 0 saturated heterocycles. The van der Waals surface area contributed by atoms with E-state index in [1.165, 1.54) is 76.4 Å². The molecule has 0 rings (SSSR count). The number of hydrogen-bond acceptors (Lipinski definition) is 1. The number of hydrogen-bond donors (Lipinski definition) is 0. The van der Waals surface area contributed by atoms with E-state index in [2.05, 4.69) is 20.4 Å². The zero-order valence-corrected chi connectivity index (χ0v) is 15.8. The van der Waals surface area contributed by atoms with Gasteiger partial charge < -0.3 is 4.74 Å². The van der Waals surface area contributed by atoms with Crippen LogP contribution >= 0.6 is 0 Å². The Hall–Kier alpha value is -1.38. The second kappa shape index (κ2) is 21.6. The Bertz CT molecular complexity index is 351. The van der Waals surface area contributed by atoms with Crippen LogP contribution in [-0.4, -0.2) is 7.11 Å². The van der Waals surface area contributed by atoms with Gasteiger partial charge in [0.2, 0.25) is 0 Å². The maximum Gasteiger partial charge on any atom is 0.119 e. The molecule has 0 bridgehead atoms. The van der Waals surface area contributed by atoms with Crippen molar-refractivity contribution in [3.05, 3.63) is 48.8 Å². The summed E-state index contributed by atoms with van der Waals surface area (Å²) in [5, 5.41) is 0. The molecule has 0 aromatic carbocycles. The highest BCUT2D eigenvalue weighted by molar-refractivity contribution is 5.18. The average molecular weight is 343 g/mol. The lowest BCUT2D eigenvalue weighted by molar-refractivity contribution is 0.308. The zero-order valence-electron chi connectivity index (χ0n) is 15.8. The van der Waals surface area contributed by atoms with Gasteiger partial charge in [-0.25, -0.2) is 8.78 Å². The minimum absolute atomic E-state index is 0.336. The Labute approximate surface area is 148 Å². The van der Waals surface area contributed by atoms with Gasteiger partial charge >= 0.3 is 0 Å². The van der Waals surface area contributed by atoms with Crippen LogP contribution < -0.4 is 0 Å². The van der Waals surface area contributed by atoms with Crippen molar-refractivity contribution in [2.75, 3.05) is 7.11 Å². The molecule has 0 aliphatic heterocycles. The van der Waals surface area contributed by atoms with Crippen LogP contribution in [0.5, 0.6) is 0 Å². The van der Waals surface area contributed by atoms with Crippen LogP contribution in [0.1, 0.15) is 78.1 Å². The van der Waals surface area contributed by atoms with E-state index < -0.39 is 0 Å². The molecule has 0 aliphatic rings. The molecule has 0 aliphatic carbocycles. The molecule has 0 atom stereocenters. The summed E-state index contributed by atoms with van der Waals surface area (Å²) in [4.78, 5) is 0. The highest BCUT2D eigenvalue weighted by Gasteiger charge is 1.89. The first-order valence-electron chi connectivity index (χ1n) is 9.14. The van der Waals surface area contributed by atoms with Crippen LogP contribution in [0.2, 0.25) is 0 Å². The van der Waals surface area contributed by atoms with Gasteiger partial charge in [-0.2, -0.15) is 0 Å². The Morgan fingerprint density at radius 1 is 0.917 bits per heavy atom. The largest absolute Gasteiger partial charge is 0.497 e. The van der Waals surface area contributed by atoms with Crippen molar-refractivity contribution in [1.29, 1.82) is 0 Å². The Balaban J connectivity index is 0. The highest BCUT2D eigenvalue weighted by atomic mass is 19.1. The molecule has 0 unspecified atom stereocenters. The van der Waals surface area contributed by atoms with Gasteiger partial charge in [0.25, 0.3) is 0 Å². The van der Waals surface area contributed by atoms with Crippen LogP contribution in [0.3, 0.4) is 0 Å². The molecule has 24 heavy (non-hydrogen) atoms. The fourth-order valence-corrected chi connectivity index (χ4v) is 1.88. The van der Waals surface area contributed by atoms with Gasteiger partial charge in [-0.15, -0.1) is 0 Å². The summed E-state index contributed by atoms with van der Waals surface area (Å²) >= 11 is 0. The van der Waals surface area contributed by atoms with Crippen LogP contribution in [0.4, 0.5) is 8.78 Å². The topological polar surface area (TPSA) is 9.23 Å². The molecule has 0 radical (unpaired) electrons. The van der Waals surface area contributed by atoms with Crippen molar-refractivity contribution in [2.45, 2.75) is 78.1 Å². The fourth-order valence-electron chi connectivity index (χ4n) is 1.88. The molecule has 1 nitrogen and oxygen atoms in total. The van der Waals surface area contributed by atoms with Gasteiger partial charge in [-0.1, -0.05) is 71.4 Å². The predicted octanol–water partition coefficient (Wildman–Crippen LogP) is 7.97. The van der Waals surface area contributed by atoms with Gasteiger partial charge in [-0.3, -0.25) is 0 Å². The van der Waals surface area contributed by atoms with Gasteiger partial charge in [0, 0.05) is 0 Å². The molecule has 0 heterocycles. The first kappa shape index (κ1) is 24.9. The van der Waals surface area contributed by atoms with E-state index in [1.807, 2.05) is 0 Å². The number of methoxy groups -OCH3 is 1. The van der Waals surface area contributed by atoms with E-state index in [4.69, 9.17) is 4.74 Å². The Morgan fingerprint density at radius 3 is 2.00 bits per heavy atom. The predicted molar refractivity (Wildman–Crippen MR) is 102 cm³/mol. The van der Waals surface area contributed by atoms with Crippen molar-refractivity contribution < 1.29 is 13.5 Å². The van der Waals surface area contributed by atoms with Gasteiger partial charge in [0.15, 0.2) is 0 Å². The molecule has 140 valence electrons. The van der Waals surface area contributed by atoms with Crippen LogP contribution in [0.15, 0.2) is 48.8 Å². The normalized spacial score (nSPS) is 11.6. The lowest BCUT2D eigenvalue weighted by Gasteiger charge is -1.96. The minimum Gasteiger partial charge on any atom is -0.497 e. The Kier molecular flexibility index (Phi) is 22.4. The second-order valence-electron chi connectivity index (χ2n) is 5.65. The lowest BCUT2D eigenvalue weighted by Crippen LogP contribution is -1.77. The van der Waals surface area contributed by atoms with E-state index in [0.29, 0.717) is 24.9 Å². The molecule has 3 heteroatoms. The zero-order chi connectivity index (χ0) is 18.5. The summed E-state index contributed by atoms with van der Waals surface area (Å²) in [6.45, 7) is 8.04. The number of allylic oxidation sites excluding steroid dienone is 5. The minimum atomic E-state index is -0.336. The van der Waals surface area contributed by atoms with E-state index in [1.54, 1.807) is 0 Å². The molecule has 0 amide bonds. The maximum absolute atomic E-state index is 13.0. The molecule has 0 aromatic rings. The van der Waals surface area contributed by atoms with E-state index in [9.17, 15) is 8.78 Å². The third-order valence-electron chi connectivity index (χ3n) is 3.40. The molecular formula is C21H36F2O. The molecule has 0 fully saturated rings. The summed E-state index contributed by atoms with van der Waals surface area (Å²) in [6.07, 6.45) is 18.0. The van der Waals surface area contributed by atoms with Gasteiger partial charge in [-0.05, 0) is 37.5 Å². The summed E-state index contributed by atoms with van der Waals surface area (Å²) in [6, 6.07) is 0. The monoisotopic (exact) mass is 342 g/mol. The molecule has 0 saturated carbocycles. The quantitative estimate of drug-likeness (QED) is 0.187. The van der Waals surface area contributed by atoms with Crippen molar-refractivity contribution in [2.24, 2.45) is 0 Å². The summed E-state index contributed by atoms with van der Waals surface area (Å²) in [5.74, 6) is 0.0661. The third kappa shape index (κ3) is 22.9.